The number of rotatable bonds is 3. The van der Waals surface area contributed by atoms with Crippen molar-refractivity contribution in [3.8, 4) is 0 Å². The summed E-state index contributed by atoms with van der Waals surface area (Å²) in [7, 11) is 1.95. The molecule has 0 saturated heterocycles. The smallest absolute Gasteiger partial charge is 0.0337 e. The highest BCUT2D eigenvalue weighted by Crippen LogP contribution is 2.25. The first-order valence-electron chi connectivity index (χ1n) is 6.34. The molecule has 1 N–H and O–H groups in total. The molecule has 1 fully saturated rings. The maximum absolute atomic E-state index is 3.14. The quantitative estimate of drug-likeness (QED) is 0.791. The van der Waals surface area contributed by atoms with Crippen LogP contribution < -0.4 is 5.32 Å². The van der Waals surface area contributed by atoms with Gasteiger partial charge >= 0.3 is 0 Å². The second-order valence-corrected chi connectivity index (χ2v) is 4.63. The topological polar surface area (TPSA) is 12.0 Å². The van der Waals surface area contributed by atoms with Gasteiger partial charge in [0.25, 0.3) is 0 Å². The van der Waals surface area contributed by atoms with Gasteiger partial charge < -0.3 is 5.32 Å². The summed E-state index contributed by atoms with van der Waals surface area (Å²) in [6.45, 7) is 0. The Morgan fingerprint density at radius 1 is 1.06 bits per heavy atom. The van der Waals surface area contributed by atoms with Crippen molar-refractivity contribution in [2.75, 3.05) is 12.4 Å². The molecule has 0 unspecified atom stereocenters. The van der Waals surface area contributed by atoms with Crippen molar-refractivity contribution in [3.63, 3.8) is 0 Å². The molecule has 16 heavy (non-hydrogen) atoms. The Kier molecular flexibility index (Phi) is 4.03. The lowest BCUT2D eigenvalue weighted by atomic mass is 9.89. The van der Waals surface area contributed by atoms with E-state index < -0.39 is 0 Å². The predicted molar refractivity (Wildman–Crippen MR) is 71.6 cm³/mol. The summed E-state index contributed by atoms with van der Waals surface area (Å²) < 4.78 is 0. The second-order valence-electron chi connectivity index (χ2n) is 4.63. The van der Waals surface area contributed by atoms with E-state index in [0.717, 1.165) is 5.92 Å². The Morgan fingerprint density at radius 3 is 2.38 bits per heavy atom. The molecule has 86 valence electrons. The zero-order valence-corrected chi connectivity index (χ0v) is 10.1. The number of hydrogen-bond donors (Lipinski definition) is 1. The normalized spacial score (nSPS) is 17.8. The number of benzene rings is 1. The maximum atomic E-state index is 3.14. The highest BCUT2D eigenvalue weighted by atomic mass is 14.8. The summed E-state index contributed by atoms with van der Waals surface area (Å²) in [6.07, 6.45) is 11.7. The van der Waals surface area contributed by atoms with Gasteiger partial charge in [-0.05, 0) is 36.5 Å². The number of nitrogens with one attached hydrogen (secondary N) is 1. The van der Waals surface area contributed by atoms with Crippen molar-refractivity contribution in [1.82, 2.24) is 0 Å². The van der Waals surface area contributed by atoms with E-state index in [0.29, 0.717) is 0 Å². The van der Waals surface area contributed by atoms with Gasteiger partial charge in [-0.3, -0.25) is 0 Å². The van der Waals surface area contributed by atoms with Gasteiger partial charge in [-0.2, -0.15) is 0 Å². The average Bonchev–Trinajstić information content (AvgIpc) is 2.38. The van der Waals surface area contributed by atoms with Crippen LogP contribution in [0.4, 0.5) is 5.69 Å². The Hall–Kier alpha value is -1.24. The molecule has 1 aliphatic rings. The highest BCUT2D eigenvalue weighted by Gasteiger charge is 2.09. The van der Waals surface area contributed by atoms with Gasteiger partial charge in [0.15, 0.2) is 0 Å². The standard InChI is InChI=1S/C15H21N/c1-16-15-11-9-14(10-12-15)8-7-13-5-3-2-4-6-13/h7-13,16H,2-6H2,1H3/b8-7+. The Labute approximate surface area is 98.6 Å². The van der Waals surface area contributed by atoms with Crippen LogP contribution in [-0.4, -0.2) is 7.05 Å². The van der Waals surface area contributed by atoms with Crippen molar-refractivity contribution in [1.29, 1.82) is 0 Å². The molecule has 2 rings (SSSR count). The predicted octanol–water partition coefficient (Wildman–Crippen LogP) is 4.32. The molecule has 1 aromatic rings. The molecule has 1 saturated carbocycles. The molecule has 0 spiro atoms. The summed E-state index contributed by atoms with van der Waals surface area (Å²) >= 11 is 0. The van der Waals surface area contributed by atoms with Crippen molar-refractivity contribution in [3.05, 3.63) is 35.9 Å². The molecular weight excluding hydrogens is 194 g/mol. The Morgan fingerprint density at radius 2 is 1.75 bits per heavy atom. The molecule has 0 aliphatic heterocycles. The van der Waals surface area contributed by atoms with Crippen molar-refractivity contribution in [2.24, 2.45) is 5.92 Å². The molecule has 0 aromatic heterocycles. The maximum Gasteiger partial charge on any atom is 0.0337 e. The molecule has 1 aliphatic carbocycles. The first-order valence-corrected chi connectivity index (χ1v) is 6.34. The third-order valence-electron chi connectivity index (χ3n) is 3.41. The lowest BCUT2D eigenvalue weighted by molar-refractivity contribution is 0.420. The molecule has 0 atom stereocenters. The van der Waals surface area contributed by atoms with Crippen molar-refractivity contribution < 1.29 is 0 Å². The zero-order chi connectivity index (χ0) is 11.2. The van der Waals surface area contributed by atoms with Gasteiger partial charge in [-0.15, -0.1) is 0 Å². The van der Waals surface area contributed by atoms with Crippen LogP contribution in [0.5, 0.6) is 0 Å². The van der Waals surface area contributed by atoms with Crippen LogP contribution in [0.1, 0.15) is 37.7 Å². The first kappa shape index (κ1) is 11.3. The van der Waals surface area contributed by atoms with E-state index in [2.05, 4.69) is 41.7 Å². The third kappa shape index (κ3) is 3.13. The van der Waals surface area contributed by atoms with Gasteiger partial charge in [-0.1, -0.05) is 43.5 Å². The van der Waals surface area contributed by atoms with Crippen LogP contribution in [0.3, 0.4) is 0 Å². The lowest BCUT2D eigenvalue weighted by Gasteiger charge is -2.17. The number of anilines is 1. The SMILES string of the molecule is CNc1ccc(/C=C/C2CCCCC2)cc1. The van der Waals surface area contributed by atoms with Crippen molar-refractivity contribution >= 4 is 11.8 Å². The van der Waals surface area contributed by atoms with E-state index in [1.165, 1.54) is 43.4 Å². The minimum absolute atomic E-state index is 0.817. The summed E-state index contributed by atoms with van der Waals surface area (Å²) in [5, 5.41) is 3.14. The van der Waals surface area contributed by atoms with E-state index >= 15 is 0 Å². The summed E-state index contributed by atoms with van der Waals surface area (Å²) in [5.74, 6) is 0.817. The van der Waals surface area contributed by atoms with Gasteiger partial charge in [0, 0.05) is 12.7 Å². The van der Waals surface area contributed by atoms with Crippen molar-refractivity contribution in [2.45, 2.75) is 32.1 Å². The highest BCUT2D eigenvalue weighted by molar-refractivity contribution is 5.54. The molecule has 0 radical (unpaired) electrons. The molecule has 1 aromatic carbocycles. The Bertz CT molecular complexity index is 331. The second kappa shape index (κ2) is 5.74. The summed E-state index contributed by atoms with van der Waals surface area (Å²) in [5.41, 5.74) is 2.49. The number of allylic oxidation sites excluding steroid dienone is 1. The van der Waals surface area contributed by atoms with Crippen LogP contribution in [0, 0.1) is 5.92 Å². The van der Waals surface area contributed by atoms with Gasteiger partial charge in [0.05, 0.1) is 0 Å². The summed E-state index contributed by atoms with van der Waals surface area (Å²) in [6, 6.07) is 8.59. The minimum Gasteiger partial charge on any atom is -0.388 e. The molecule has 1 heteroatoms. The number of hydrogen-bond acceptors (Lipinski definition) is 1. The molecule has 0 heterocycles. The fourth-order valence-electron chi connectivity index (χ4n) is 2.33. The van der Waals surface area contributed by atoms with E-state index in [9.17, 15) is 0 Å². The van der Waals surface area contributed by atoms with Crippen LogP contribution in [0.2, 0.25) is 0 Å². The lowest BCUT2D eigenvalue weighted by Crippen LogP contribution is -2.02. The van der Waals surface area contributed by atoms with Crippen LogP contribution in [0.15, 0.2) is 30.3 Å². The Balaban J connectivity index is 1.94. The molecule has 1 nitrogen and oxygen atoms in total. The zero-order valence-electron chi connectivity index (χ0n) is 10.1. The van der Waals surface area contributed by atoms with Crippen LogP contribution >= 0.6 is 0 Å². The summed E-state index contributed by atoms with van der Waals surface area (Å²) in [4.78, 5) is 0. The van der Waals surface area contributed by atoms with Crippen LogP contribution in [-0.2, 0) is 0 Å². The minimum atomic E-state index is 0.817. The van der Waals surface area contributed by atoms with E-state index in [1.807, 2.05) is 7.05 Å². The van der Waals surface area contributed by atoms with E-state index in [1.54, 1.807) is 0 Å². The molecular formula is C15H21N. The van der Waals surface area contributed by atoms with E-state index in [4.69, 9.17) is 0 Å². The largest absolute Gasteiger partial charge is 0.388 e. The fourth-order valence-corrected chi connectivity index (χ4v) is 2.33. The van der Waals surface area contributed by atoms with Gasteiger partial charge in [0.1, 0.15) is 0 Å². The van der Waals surface area contributed by atoms with Gasteiger partial charge in [-0.25, -0.2) is 0 Å². The molecule has 0 bridgehead atoms. The third-order valence-corrected chi connectivity index (χ3v) is 3.41. The monoisotopic (exact) mass is 215 g/mol. The fraction of sp³-hybridized carbons (Fsp3) is 0.467. The van der Waals surface area contributed by atoms with Gasteiger partial charge in [0.2, 0.25) is 0 Å². The average molecular weight is 215 g/mol. The van der Waals surface area contributed by atoms with E-state index in [-0.39, 0.29) is 0 Å². The van der Waals surface area contributed by atoms with Crippen LogP contribution in [0.25, 0.3) is 6.08 Å². The molecule has 0 amide bonds. The first-order chi connectivity index (χ1) is 7.88.